The fourth-order valence-electron chi connectivity index (χ4n) is 4.07. The van der Waals surface area contributed by atoms with Crippen LogP contribution in [0.15, 0.2) is 42.5 Å². The average Bonchev–Trinajstić information content (AvgIpc) is 2.87. The second kappa shape index (κ2) is 15.3. The summed E-state index contributed by atoms with van der Waals surface area (Å²) in [5, 5.41) is 3.84. The standard InChI is InChI=1S/C28H39Cl2N3O5S/c1-6-20(4)31-28(35)26(7-2)32(19-21-11-12-22(29)18-25(21)30)27(34)10-9-17-33(39(5,36)37)23-13-15-24(16-14-23)38-8-3/h11-16,18,20,26H,6-10,17,19H2,1-5H3,(H,31,35)/t20-,26-/m0/s1. The van der Waals surface area contributed by atoms with E-state index in [1.54, 1.807) is 42.5 Å². The fraction of sp³-hybridized carbons (Fsp3) is 0.500. The first-order valence-electron chi connectivity index (χ1n) is 13.2. The molecule has 0 aliphatic carbocycles. The number of nitrogens with zero attached hydrogens (tertiary/aromatic N) is 2. The summed E-state index contributed by atoms with van der Waals surface area (Å²) >= 11 is 12.5. The van der Waals surface area contributed by atoms with Gasteiger partial charge in [0, 0.05) is 35.6 Å². The number of rotatable bonds is 15. The zero-order chi connectivity index (χ0) is 29.2. The van der Waals surface area contributed by atoms with Crippen LogP contribution in [-0.4, -0.2) is 56.6 Å². The number of ether oxygens (including phenoxy) is 1. The van der Waals surface area contributed by atoms with E-state index in [0.717, 1.165) is 12.7 Å². The smallest absolute Gasteiger partial charge is 0.243 e. The number of halogens is 2. The van der Waals surface area contributed by atoms with Crippen molar-refractivity contribution in [2.24, 2.45) is 0 Å². The van der Waals surface area contributed by atoms with Crippen molar-refractivity contribution in [3.8, 4) is 5.75 Å². The van der Waals surface area contributed by atoms with Gasteiger partial charge in [-0.2, -0.15) is 0 Å². The summed E-state index contributed by atoms with van der Waals surface area (Å²) in [4.78, 5) is 28.2. The van der Waals surface area contributed by atoms with Gasteiger partial charge in [0.2, 0.25) is 21.8 Å². The topological polar surface area (TPSA) is 96.0 Å². The van der Waals surface area contributed by atoms with Crippen LogP contribution in [0.2, 0.25) is 10.0 Å². The third kappa shape index (κ3) is 9.89. The summed E-state index contributed by atoms with van der Waals surface area (Å²) in [6.07, 6.45) is 2.59. The van der Waals surface area contributed by atoms with Crippen molar-refractivity contribution >= 4 is 50.7 Å². The van der Waals surface area contributed by atoms with Crippen molar-refractivity contribution in [2.75, 3.05) is 23.7 Å². The molecular weight excluding hydrogens is 561 g/mol. The molecular formula is C28H39Cl2N3O5S. The molecule has 0 bridgehead atoms. The van der Waals surface area contributed by atoms with Gasteiger partial charge in [-0.1, -0.05) is 43.1 Å². The molecule has 2 amide bonds. The zero-order valence-corrected chi connectivity index (χ0v) is 25.6. The molecule has 0 radical (unpaired) electrons. The molecule has 1 N–H and O–H groups in total. The number of amides is 2. The quantitative estimate of drug-likeness (QED) is 0.285. The summed E-state index contributed by atoms with van der Waals surface area (Å²) < 4.78 is 31.8. The minimum atomic E-state index is -3.60. The molecule has 0 saturated carbocycles. The molecule has 0 aromatic heterocycles. The number of hydrogen-bond acceptors (Lipinski definition) is 5. The van der Waals surface area contributed by atoms with E-state index in [4.69, 9.17) is 27.9 Å². The zero-order valence-electron chi connectivity index (χ0n) is 23.2. The van der Waals surface area contributed by atoms with Gasteiger partial charge >= 0.3 is 0 Å². The van der Waals surface area contributed by atoms with Gasteiger partial charge in [0.1, 0.15) is 11.8 Å². The van der Waals surface area contributed by atoms with Crippen molar-refractivity contribution in [2.45, 2.75) is 72.0 Å². The number of carbonyl (C=O) groups excluding carboxylic acids is 2. The number of sulfonamides is 1. The van der Waals surface area contributed by atoms with E-state index in [2.05, 4.69) is 5.32 Å². The number of carbonyl (C=O) groups is 2. The van der Waals surface area contributed by atoms with Gasteiger partial charge in [0.05, 0.1) is 18.6 Å². The molecule has 0 spiro atoms. The third-order valence-corrected chi connectivity index (χ3v) is 8.11. The lowest BCUT2D eigenvalue weighted by atomic mass is 10.1. The summed E-state index contributed by atoms with van der Waals surface area (Å²) in [6, 6.07) is 11.0. The first-order valence-corrected chi connectivity index (χ1v) is 15.8. The molecule has 0 unspecified atom stereocenters. The minimum Gasteiger partial charge on any atom is -0.494 e. The van der Waals surface area contributed by atoms with Crippen LogP contribution in [0.3, 0.4) is 0 Å². The molecule has 8 nitrogen and oxygen atoms in total. The van der Waals surface area contributed by atoms with Gasteiger partial charge in [-0.25, -0.2) is 8.42 Å². The normalized spacial score (nSPS) is 12.9. The molecule has 0 aliphatic heterocycles. The Morgan fingerprint density at radius 2 is 1.69 bits per heavy atom. The monoisotopic (exact) mass is 599 g/mol. The van der Waals surface area contributed by atoms with E-state index < -0.39 is 16.1 Å². The molecule has 0 heterocycles. The number of nitrogens with one attached hydrogen (secondary N) is 1. The summed E-state index contributed by atoms with van der Waals surface area (Å²) in [5.74, 6) is 0.132. The largest absolute Gasteiger partial charge is 0.494 e. The minimum absolute atomic E-state index is 0.0416. The van der Waals surface area contributed by atoms with Crippen LogP contribution in [0, 0.1) is 0 Å². The lowest BCUT2D eigenvalue weighted by Gasteiger charge is -2.32. The van der Waals surface area contributed by atoms with E-state index in [1.807, 2.05) is 27.7 Å². The fourth-order valence-corrected chi connectivity index (χ4v) is 5.51. The first kappa shape index (κ1) is 32.7. The lowest BCUT2D eigenvalue weighted by Crippen LogP contribution is -2.50. The van der Waals surface area contributed by atoms with Crippen LogP contribution in [0.25, 0.3) is 0 Å². The Bertz CT molecular complexity index is 1210. The highest BCUT2D eigenvalue weighted by Gasteiger charge is 2.30. The van der Waals surface area contributed by atoms with Crippen LogP contribution < -0.4 is 14.4 Å². The van der Waals surface area contributed by atoms with Gasteiger partial charge in [-0.3, -0.25) is 13.9 Å². The van der Waals surface area contributed by atoms with Crippen molar-refractivity contribution in [1.82, 2.24) is 10.2 Å². The Morgan fingerprint density at radius 3 is 2.23 bits per heavy atom. The van der Waals surface area contributed by atoms with E-state index >= 15 is 0 Å². The second-order valence-electron chi connectivity index (χ2n) is 9.36. The van der Waals surface area contributed by atoms with Gasteiger partial charge < -0.3 is 15.0 Å². The van der Waals surface area contributed by atoms with Gasteiger partial charge in [0.25, 0.3) is 0 Å². The predicted octanol–water partition coefficient (Wildman–Crippen LogP) is 5.66. The molecule has 2 aromatic rings. The Hall–Kier alpha value is -2.49. The highest BCUT2D eigenvalue weighted by atomic mass is 35.5. The first-order chi connectivity index (χ1) is 18.4. The summed E-state index contributed by atoms with van der Waals surface area (Å²) in [7, 11) is -3.60. The van der Waals surface area contributed by atoms with Crippen LogP contribution >= 0.6 is 23.2 Å². The summed E-state index contributed by atoms with van der Waals surface area (Å²) in [6.45, 7) is 8.33. The van der Waals surface area contributed by atoms with Gasteiger partial charge in [-0.05, 0) is 75.1 Å². The Morgan fingerprint density at radius 1 is 1.03 bits per heavy atom. The number of benzene rings is 2. The lowest BCUT2D eigenvalue weighted by molar-refractivity contribution is -0.141. The van der Waals surface area contributed by atoms with Crippen LogP contribution in [0.4, 0.5) is 5.69 Å². The Balaban J connectivity index is 2.25. The van der Waals surface area contributed by atoms with Crippen molar-refractivity contribution in [3.63, 3.8) is 0 Å². The molecule has 0 fully saturated rings. The molecule has 39 heavy (non-hydrogen) atoms. The maximum absolute atomic E-state index is 13.6. The maximum atomic E-state index is 13.6. The Labute approximate surface area is 242 Å². The van der Waals surface area contributed by atoms with Crippen molar-refractivity contribution in [1.29, 1.82) is 0 Å². The number of anilines is 1. The van der Waals surface area contributed by atoms with Crippen LogP contribution in [-0.2, 0) is 26.2 Å². The molecule has 0 saturated heterocycles. The molecule has 216 valence electrons. The molecule has 2 atom stereocenters. The van der Waals surface area contributed by atoms with Crippen molar-refractivity contribution in [3.05, 3.63) is 58.1 Å². The van der Waals surface area contributed by atoms with Gasteiger partial charge in [-0.15, -0.1) is 0 Å². The summed E-state index contributed by atoms with van der Waals surface area (Å²) in [5.41, 5.74) is 1.15. The van der Waals surface area contributed by atoms with E-state index in [1.165, 1.54) is 9.21 Å². The third-order valence-electron chi connectivity index (χ3n) is 6.33. The van der Waals surface area contributed by atoms with Gasteiger partial charge in [0.15, 0.2) is 0 Å². The van der Waals surface area contributed by atoms with Crippen molar-refractivity contribution < 1.29 is 22.7 Å². The average molecular weight is 601 g/mol. The molecule has 11 heteroatoms. The van der Waals surface area contributed by atoms with Crippen LogP contribution in [0.5, 0.6) is 5.75 Å². The Kier molecular flexibility index (Phi) is 12.9. The molecule has 0 aliphatic rings. The van der Waals surface area contributed by atoms with E-state index in [0.29, 0.717) is 40.1 Å². The SMILES string of the molecule is CCOc1ccc(N(CCCC(=O)N(Cc2ccc(Cl)cc2Cl)[C@@H](CC)C(=O)N[C@@H](C)CC)S(C)(=O)=O)cc1. The van der Waals surface area contributed by atoms with Crippen LogP contribution in [0.1, 0.15) is 58.9 Å². The predicted molar refractivity (Wildman–Crippen MR) is 158 cm³/mol. The second-order valence-corrected chi connectivity index (χ2v) is 12.1. The highest BCUT2D eigenvalue weighted by molar-refractivity contribution is 7.92. The van der Waals surface area contributed by atoms with E-state index in [-0.39, 0.29) is 43.8 Å². The number of hydrogen-bond donors (Lipinski definition) is 1. The molecule has 2 rings (SSSR count). The maximum Gasteiger partial charge on any atom is 0.243 e. The molecule has 2 aromatic carbocycles. The van der Waals surface area contributed by atoms with E-state index in [9.17, 15) is 18.0 Å². The highest BCUT2D eigenvalue weighted by Crippen LogP contribution is 2.25.